The fraction of sp³-hybridized carbons (Fsp3) is 0.417. The van der Waals surface area contributed by atoms with E-state index in [0.29, 0.717) is 5.92 Å². The second-order valence-electron chi connectivity index (χ2n) is 16.8. The Bertz CT molecular complexity index is 1910. The molecule has 1 heterocycles. The molecule has 52 heavy (non-hydrogen) atoms. The first-order valence-electron chi connectivity index (χ1n) is 19.9. The average molecular weight is 711 g/mol. The van der Waals surface area contributed by atoms with Crippen LogP contribution in [0.3, 0.4) is 0 Å². The molecule has 3 nitrogen and oxygen atoms in total. The molecule has 4 aromatic rings. The molecule has 4 aromatic carbocycles. The maximum absolute atomic E-state index is 7.38. The van der Waals surface area contributed by atoms with E-state index in [4.69, 9.17) is 13.6 Å². The summed E-state index contributed by atoms with van der Waals surface area (Å²) in [6.07, 6.45) is 20.8. The summed E-state index contributed by atoms with van der Waals surface area (Å²) in [6.45, 7) is 11.7. The lowest BCUT2D eigenvalue weighted by Crippen LogP contribution is -2.28. The quantitative estimate of drug-likeness (QED) is 0.186. The van der Waals surface area contributed by atoms with Gasteiger partial charge in [0.25, 0.3) is 0 Å². The molecule has 1 unspecified atom stereocenters. The van der Waals surface area contributed by atoms with Crippen LogP contribution in [0.2, 0.25) is 0 Å². The summed E-state index contributed by atoms with van der Waals surface area (Å²) < 4.78 is 22.1. The molecule has 0 aromatic heterocycles. The smallest absolute Gasteiger partial charge is 0.408 e. The summed E-state index contributed by atoms with van der Waals surface area (Å²) in [6, 6.07) is 26.7. The maximum Gasteiger partial charge on any atom is 0.530 e. The van der Waals surface area contributed by atoms with Crippen molar-refractivity contribution in [1.82, 2.24) is 0 Å². The number of hydrogen-bond acceptors (Lipinski definition) is 3. The van der Waals surface area contributed by atoms with Crippen LogP contribution in [0, 0.1) is 19.8 Å². The minimum Gasteiger partial charge on any atom is -0.408 e. The Balaban J connectivity index is 1.33. The summed E-state index contributed by atoms with van der Waals surface area (Å²) in [5.74, 6) is 3.25. The van der Waals surface area contributed by atoms with Gasteiger partial charge < -0.3 is 13.6 Å². The second-order valence-corrected chi connectivity index (χ2v) is 17.8. The largest absolute Gasteiger partial charge is 0.530 e. The van der Waals surface area contributed by atoms with Crippen LogP contribution in [-0.4, -0.2) is 0 Å². The van der Waals surface area contributed by atoms with E-state index in [1.54, 1.807) is 0 Å². The van der Waals surface area contributed by atoms with Gasteiger partial charge in [-0.25, -0.2) is 0 Å². The number of benzene rings is 4. The summed E-state index contributed by atoms with van der Waals surface area (Å²) in [7, 11) is -1.90. The first-order valence-corrected chi connectivity index (χ1v) is 21.0. The van der Waals surface area contributed by atoms with Crippen molar-refractivity contribution < 1.29 is 13.6 Å². The van der Waals surface area contributed by atoms with Gasteiger partial charge in [0.2, 0.25) is 0 Å². The van der Waals surface area contributed by atoms with Crippen LogP contribution < -0.4 is 13.6 Å². The van der Waals surface area contributed by atoms with Gasteiger partial charge in [0.15, 0.2) is 0 Å². The Morgan fingerprint density at radius 2 is 1.23 bits per heavy atom. The number of rotatable bonds is 6. The first-order chi connectivity index (χ1) is 25.2. The zero-order valence-electron chi connectivity index (χ0n) is 31.9. The molecule has 270 valence electrons. The van der Waals surface area contributed by atoms with E-state index in [1.165, 1.54) is 103 Å². The fourth-order valence-corrected chi connectivity index (χ4v) is 10.7. The van der Waals surface area contributed by atoms with E-state index >= 15 is 0 Å². The third-order valence-electron chi connectivity index (χ3n) is 12.4. The fourth-order valence-electron chi connectivity index (χ4n) is 9.54. The van der Waals surface area contributed by atoms with Crippen molar-refractivity contribution in [2.45, 2.75) is 122 Å². The first kappa shape index (κ1) is 35.2. The lowest BCUT2D eigenvalue weighted by molar-refractivity contribution is 0.301. The Labute approximate surface area is 313 Å². The van der Waals surface area contributed by atoms with Gasteiger partial charge >= 0.3 is 8.60 Å². The Morgan fingerprint density at radius 3 is 1.79 bits per heavy atom. The van der Waals surface area contributed by atoms with Crippen molar-refractivity contribution in [1.29, 1.82) is 0 Å². The summed E-state index contributed by atoms with van der Waals surface area (Å²) in [5.41, 5.74) is 12.4. The third-order valence-corrected chi connectivity index (χ3v) is 13.4. The highest BCUT2D eigenvalue weighted by Gasteiger charge is 2.40. The van der Waals surface area contributed by atoms with Crippen LogP contribution in [0.25, 0.3) is 16.7 Å². The molecule has 2 fully saturated rings. The number of para-hydroxylation sites is 1. The lowest BCUT2D eigenvalue weighted by atomic mass is 9.69. The van der Waals surface area contributed by atoms with Gasteiger partial charge in [0.1, 0.15) is 17.2 Å². The van der Waals surface area contributed by atoms with E-state index in [1.807, 2.05) is 0 Å². The van der Waals surface area contributed by atoms with Crippen LogP contribution in [0.1, 0.15) is 130 Å². The number of hydrogen-bond donors (Lipinski definition) is 0. The monoisotopic (exact) mass is 710 g/mol. The van der Waals surface area contributed by atoms with E-state index in [9.17, 15) is 0 Å². The number of aryl methyl sites for hydroxylation is 2. The molecule has 4 aliphatic rings. The van der Waals surface area contributed by atoms with Crippen LogP contribution in [0.5, 0.6) is 17.2 Å². The highest BCUT2D eigenvalue weighted by molar-refractivity contribution is 7.43. The molecular formula is C48H55O3P. The van der Waals surface area contributed by atoms with Gasteiger partial charge in [0, 0.05) is 28.7 Å². The van der Waals surface area contributed by atoms with Crippen molar-refractivity contribution >= 4 is 14.2 Å². The van der Waals surface area contributed by atoms with Crippen molar-refractivity contribution in [3.05, 3.63) is 130 Å². The SMILES string of the molecule is Cc1cc2c(c(C3(C)CCCCC3)c1)OP(Oc1c(C3=CC=CC(C)C3)cccc1-c1ccccc1)Oc1c(cc(C)cc1C1(C)CCCCC1)C2. The molecule has 3 aliphatic carbocycles. The van der Waals surface area contributed by atoms with Crippen molar-refractivity contribution in [2.75, 3.05) is 0 Å². The van der Waals surface area contributed by atoms with E-state index in [0.717, 1.165) is 46.8 Å². The van der Waals surface area contributed by atoms with Gasteiger partial charge in [-0.15, -0.1) is 0 Å². The molecule has 1 aliphatic heterocycles. The van der Waals surface area contributed by atoms with Crippen LogP contribution >= 0.6 is 8.60 Å². The molecule has 0 amide bonds. The number of fused-ring (bicyclic) bond motifs is 2. The predicted octanol–water partition coefficient (Wildman–Crippen LogP) is 14.1. The predicted molar refractivity (Wildman–Crippen MR) is 218 cm³/mol. The summed E-state index contributed by atoms with van der Waals surface area (Å²) >= 11 is 0. The molecule has 1 atom stereocenters. The maximum atomic E-state index is 7.38. The van der Waals surface area contributed by atoms with E-state index in [-0.39, 0.29) is 10.8 Å². The lowest BCUT2D eigenvalue weighted by Gasteiger charge is -2.39. The van der Waals surface area contributed by atoms with E-state index in [2.05, 4.69) is 126 Å². The zero-order chi connectivity index (χ0) is 35.9. The van der Waals surface area contributed by atoms with Gasteiger partial charge in [-0.2, -0.15) is 0 Å². The van der Waals surface area contributed by atoms with Crippen molar-refractivity contribution in [3.8, 4) is 28.4 Å². The Hall–Kier alpha value is -3.81. The molecular weight excluding hydrogens is 655 g/mol. The van der Waals surface area contributed by atoms with Crippen molar-refractivity contribution in [3.63, 3.8) is 0 Å². The molecule has 2 saturated carbocycles. The highest BCUT2D eigenvalue weighted by atomic mass is 31.2. The number of allylic oxidation sites excluding steroid dienone is 4. The third kappa shape index (κ3) is 6.99. The normalized spacial score (nSPS) is 21.0. The zero-order valence-corrected chi connectivity index (χ0v) is 32.8. The molecule has 8 rings (SSSR count). The van der Waals surface area contributed by atoms with Crippen LogP contribution in [-0.2, 0) is 17.3 Å². The Morgan fingerprint density at radius 1 is 0.673 bits per heavy atom. The summed E-state index contributed by atoms with van der Waals surface area (Å²) in [4.78, 5) is 0. The molecule has 0 N–H and O–H groups in total. The minimum atomic E-state index is -1.90. The van der Waals surface area contributed by atoms with Gasteiger partial charge in [0.05, 0.1) is 0 Å². The molecule has 0 spiro atoms. The van der Waals surface area contributed by atoms with Crippen molar-refractivity contribution in [2.24, 2.45) is 5.92 Å². The minimum absolute atomic E-state index is 0.0488. The van der Waals surface area contributed by atoms with Crippen LogP contribution in [0.15, 0.2) is 91.0 Å². The van der Waals surface area contributed by atoms with Gasteiger partial charge in [-0.05, 0) is 85.0 Å². The molecule has 0 saturated heterocycles. The molecule has 0 radical (unpaired) electrons. The Kier molecular flexibility index (Phi) is 9.86. The van der Waals surface area contributed by atoms with Gasteiger partial charge in [-0.3, -0.25) is 0 Å². The topological polar surface area (TPSA) is 27.7 Å². The molecule has 4 heteroatoms. The highest BCUT2D eigenvalue weighted by Crippen LogP contribution is 2.56. The van der Waals surface area contributed by atoms with E-state index < -0.39 is 8.60 Å². The van der Waals surface area contributed by atoms with Crippen LogP contribution in [0.4, 0.5) is 0 Å². The van der Waals surface area contributed by atoms with Gasteiger partial charge in [-0.1, -0.05) is 161 Å². The summed E-state index contributed by atoms with van der Waals surface area (Å²) in [5, 5.41) is 0. The average Bonchev–Trinajstić information content (AvgIpc) is 3.13. The second kappa shape index (κ2) is 14.5. The molecule has 0 bridgehead atoms. The standard InChI is InChI=1S/C48H55O3P/c1-33-17-15-20-37(27-33)41-22-16-21-40(36-18-9-6-10-19-36)46(41)51-52-49-44-38(28-34(2)30-42(44)47(4)23-11-7-12-24-47)32-39-29-35(3)31-43(45(39)50-52)48(5)25-13-8-14-26-48/h6,9-10,15-22,28-31,33H,7-8,11-14,23-27,32H2,1-5H3.